The lowest BCUT2D eigenvalue weighted by molar-refractivity contribution is 0.0950. The highest BCUT2D eigenvalue weighted by molar-refractivity contribution is 7.13. The molecule has 2 N–H and O–H groups in total. The minimum Gasteiger partial charge on any atom is -0.352 e. The number of aromatic nitrogens is 2. The molecule has 35 heavy (non-hydrogen) atoms. The van der Waals surface area contributed by atoms with Crippen molar-refractivity contribution in [2.45, 2.75) is 33.2 Å². The van der Waals surface area contributed by atoms with E-state index in [1.807, 2.05) is 79.9 Å². The molecule has 1 fully saturated rings. The number of hydrogen-bond acceptors (Lipinski definition) is 4. The number of benzene rings is 2. The van der Waals surface area contributed by atoms with Crippen LogP contribution in [0.2, 0.25) is 0 Å². The molecule has 0 unspecified atom stereocenters. The van der Waals surface area contributed by atoms with Gasteiger partial charge in [0.15, 0.2) is 0 Å². The van der Waals surface area contributed by atoms with Gasteiger partial charge in [-0.05, 0) is 91.1 Å². The highest BCUT2D eigenvalue weighted by Gasteiger charge is 2.22. The van der Waals surface area contributed by atoms with Crippen molar-refractivity contribution in [3.05, 3.63) is 82.9 Å². The Hall–Kier alpha value is -3.71. The van der Waals surface area contributed by atoms with Gasteiger partial charge in [-0.1, -0.05) is 24.3 Å². The fraction of sp³-hybridized carbons (Fsp3) is 0.250. The van der Waals surface area contributed by atoms with Crippen LogP contribution in [0.5, 0.6) is 0 Å². The first kappa shape index (κ1) is 23.1. The Kier molecular flexibility index (Phi) is 6.51. The fourth-order valence-corrected chi connectivity index (χ4v) is 4.73. The zero-order valence-corrected chi connectivity index (χ0v) is 20.7. The molecule has 0 atom stereocenters. The molecular weight excluding hydrogens is 456 g/mol. The van der Waals surface area contributed by atoms with E-state index in [9.17, 15) is 9.59 Å². The molecule has 178 valence electrons. The highest BCUT2D eigenvalue weighted by Crippen LogP contribution is 2.29. The van der Waals surface area contributed by atoms with Gasteiger partial charge in [0.05, 0.1) is 4.88 Å². The van der Waals surface area contributed by atoms with Crippen LogP contribution in [0, 0.1) is 12.8 Å². The molecule has 1 aliphatic rings. The molecular formula is C28H28N4O2S. The summed E-state index contributed by atoms with van der Waals surface area (Å²) in [5, 5.41) is 12.6. The van der Waals surface area contributed by atoms with Crippen LogP contribution in [0.1, 0.15) is 46.2 Å². The van der Waals surface area contributed by atoms with Crippen LogP contribution in [0.3, 0.4) is 0 Å². The van der Waals surface area contributed by atoms with Crippen LogP contribution in [0.15, 0.2) is 66.0 Å². The molecule has 2 aromatic carbocycles. The molecule has 1 saturated carbocycles. The summed E-state index contributed by atoms with van der Waals surface area (Å²) in [6.07, 6.45) is 2.42. The summed E-state index contributed by atoms with van der Waals surface area (Å²) in [7, 11) is 0. The van der Waals surface area contributed by atoms with Gasteiger partial charge in [0.1, 0.15) is 11.4 Å². The largest absolute Gasteiger partial charge is 0.352 e. The number of thiophene rings is 1. The van der Waals surface area contributed by atoms with Crippen molar-refractivity contribution in [1.29, 1.82) is 0 Å². The van der Waals surface area contributed by atoms with Gasteiger partial charge < -0.3 is 10.6 Å². The third kappa shape index (κ3) is 5.20. The maximum absolute atomic E-state index is 13.1. The average molecular weight is 485 g/mol. The van der Waals surface area contributed by atoms with Crippen molar-refractivity contribution in [2.75, 3.05) is 11.9 Å². The van der Waals surface area contributed by atoms with E-state index >= 15 is 0 Å². The SMILES string of the molecule is CCn1nc(-c2cccs2)cc1C(=O)Nc1ccc(C)c(-c2ccc(C(=O)NCC3CC3)cc2)c1. The number of nitrogens with zero attached hydrogens (tertiary/aromatic N) is 2. The van der Waals surface area contributed by atoms with E-state index in [4.69, 9.17) is 0 Å². The van der Waals surface area contributed by atoms with Crippen molar-refractivity contribution >= 4 is 28.8 Å². The first-order valence-electron chi connectivity index (χ1n) is 11.9. The normalized spacial score (nSPS) is 13.0. The maximum atomic E-state index is 13.1. The van der Waals surface area contributed by atoms with Crippen LogP contribution in [-0.2, 0) is 6.54 Å². The maximum Gasteiger partial charge on any atom is 0.273 e. The molecule has 0 saturated heterocycles. The second kappa shape index (κ2) is 9.88. The third-order valence-corrected chi connectivity index (χ3v) is 7.18. The van der Waals surface area contributed by atoms with Gasteiger partial charge in [-0.2, -0.15) is 5.10 Å². The van der Waals surface area contributed by atoms with Gasteiger partial charge in [-0.25, -0.2) is 0 Å². The van der Waals surface area contributed by atoms with Crippen LogP contribution >= 0.6 is 11.3 Å². The second-order valence-electron chi connectivity index (χ2n) is 8.92. The van der Waals surface area contributed by atoms with E-state index in [1.165, 1.54) is 12.8 Å². The zero-order valence-electron chi connectivity index (χ0n) is 19.9. The summed E-state index contributed by atoms with van der Waals surface area (Å²) in [5.74, 6) is 0.423. The molecule has 0 bridgehead atoms. The van der Waals surface area contributed by atoms with Gasteiger partial charge in [0.25, 0.3) is 11.8 Å². The lowest BCUT2D eigenvalue weighted by Crippen LogP contribution is -2.25. The van der Waals surface area contributed by atoms with Gasteiger partial charge in [0, 0.05) is 24.3 Å². The van der Waals surface area contributed by atoms with E-state index in [0.29, 0.717) is 29.4 Å². The lowest BCUT2D eigenvalue weighted by Gasteiger charge is -2.12. The number of carbonyl (C=O) groups is 2. The van der Waals surface area contributed by atoms with E-state index in [-0.39, 0.29) is 11.8 Å². The Morgan fingerprint density at radius 1 is 1.06 bits per heavy atom. The molecule has 1 aliphatic carbocycles. The summed E-state index contributed by atoms with van der Waals surface area (Å²) < 4.78 is 1.73. The number of anilines is 1. The molecule has 7 heteroatoms. The number of rotatable bonds is 8. The zero-order chi connectivity index (χ0) is 24.4. The predicted molar refractivity (Wildman–Crippen MR) is 141 cm³/mol. The smallest absolute Gasteiger partial charge is 0.273 e. The second-order valence-corrected chi connectivity index (χ2v) is 9.87. The summed E-state index contributed by atoms with van der Waals surface area (Å²) >= 11 is 1.60. The van der Waals surface area contributed by atoms with E-state index in [2.05, 4.69) is 15.7 Å². The number of aryl methyl sites for hydroxylation is 2. The Bertz CT molecular complexity index is 1350. The first-order valence-corrected chi connectivity index (χ1v) is 12.8. The highest BCUT2D eigenvalue weighted by atomic mass is 32.1. The number of amides is 2. The van der Waals surface area contributed by atoms with Crippen molar-refractivity contribution in [3.8, 4) is 21.7 Å². The van der Waals surface area contributed by atoms with Crippen molar-refractivity contribution in [2.24, 2.45) is 5.92 Å². The van der Waals surface area contributed by atoms with Gasteiger partial charge in [-0.3, -0.25) is 14.3 Å². The van der Waals surface area contributed by atoms with Crippen LogP contribution < -0.4 is 10.6 Å². The monoisotopic (exact) mass is 484 g/mol. The minimum absolute atomic E-state index is 0.0318. The van der Waals surface area contributed by atoms with Crippen LogP contribution in [0.25, 0.3) is 21.7 Å². The molecule has 6 nitrogen and oxygen atoms in total. The summed E-state index contributed by atoms with van der Waals surface area (Å²) in [6, 6.07) is 19.3. The Labute approximate surface area is 209 Å². The summed E-state index contributed by atoms with van der Waals surface area (Å²) in [4.78, 5) is 26.5. The molecule has 2 aromatic heterocycles. The molecule has 4 aromatic rings. The van der Waals surface area contributed by atoms with E-state index in [0.717, 1.165) is 33.8 Å². The lowest BCUT2D eigenvalue weighted by atomic mass is 9.98. The average Bonchev–Trinajstić information content (AvgIpc) is 3.35. The summed E-state index contributed by atoms with van der Waals surface area (Å²) in [5.41, 5.74) is 5.80. The Balaban J connectivity index is 1.33. The van der Waals surface area contributed by atoms with Gasteiger partial charge >= 0.3 is 0 Å². The van der Waals surface area contributed by atoms with Crippen molar-refractivity contribution in [1.82, 2.24) is 15.1 Å². The molecule has 2 amide bonds. The third-order valence-electron chi connectivity index (χ3n) is 6.29. The quantitative estimate of drug-likeness (QED) is 0.322. The minimum atomic E-state index is -0.195. The van der Waals surface area contributed by atoms with E-state index in [1.54, 1.807) is 16.0 Å². The molecule has 0 aliphatic heterocycles. The van der Waals surface area contributed by atoms with Gasteiger partial charge in [-0.15, -0.1) is 11.3 Å². The summed E-state index contributed by atoms with van der Waals surface area (Å²) in [6.45, 7) is 5.37. The van der Waals surface area contributed by atoms with E-state index < -0.39 is 0 Å². The van der Waals surface area contributed by atoms with Gasteiger partial charge in [0.2, 0.25) is 0 Å². The van der Waals surface area contributed by atoms with Crippen LogP contribution in [-0.4, -0.2) is 28.1 Å². The molecule has 5 rings (SSSR count). The molecule has 2 heterocycles. The molecule has 0 spiro atoms. The number of carbonyl (C=O) groups excluding carboxylic acids is 2. The van der Waals surface area contributed by atoms with Crippen molar-refractivity contribution < 1.29 is 9.59 Å². The topological polar surface area (TPSA) is 76.0 Å². The standard InChI is InChI=1S/C28H28N4O2S/c1-3-32-25(16-24(31-32)26-5-4-14-35-26)28(34)30-22-13-6-18(2)23(15-22)20-9-11-21(12-10-20)27(33)29-17-19-7-8-19/h4-6,9-16,19H,3,7-8,17H2,1-2H3,(H,29,33)(H,30,34). The molecule has 0 radical (unpaired) electrons. The first-order chi connectivity index (χ1) is 17.0. The predicted octanol–water partition coefficient (Wildman–Crippen LogP) is 6.00. The number of hydrogen-bond donors (Lipinski definition) is 2. The Morgan fingerprint density at radius 3 is 2.54 bits per heavy atom. The van der Waals surface area contributed by atoms with Crippen LogP contribution in [0.4, 0.5) is 5.69 Å². The number of nitrogens with one attached hydrogen (secondary N) is 2. The fourth-order valence-electron chi connectivity index (χ4n) is 4.05. The Morgan fingerprint density at radius 2 is 1.86 bits per heavy atom. The van der Waals surface area contributed by atoms with Crippen molar-refractivity contribution in [3.63, 3.8) is 0 Å².